The fourth-order valence-electron chi connectivity index (χ4n) is 3.35. The molecule has 0 radical (unpaired) electrons. The first-order chi connectivity index (χ1) is 13.2. The van der Waals surface area contributed by atoms with E-state index in [0.717, 1.165) is 24.9 Å². The van der Waals surface area contributed by atoms with Crippen LogP contribution >= 0.6 is 0 Å². The van der Waals surface area contributed by atoms with Gasteiger partial charge in [-0.1, -0.05) is 12.1 Å². The first-order valence-electron chi connectivity index (χ1n) is 9.08. The highest BCUT2D eigenvalue weighted by Gasteiger charge is 2.17. The Balaban J connectivity index is 1.41. The van der Waals surface area contributed by atoms with E-state index in [1.165, 1.54) is 29.7 Å². The zero-order chi connectivity index (χ0) is 18.6. The maximum absolute atomic E-state index is 12.9. The van der Waals surface area contributed by atoms with E-state index in [1.807, 2.05) is 12.1 Å². The van der Waals surface area contributed by atoms with Gasteiger partial charge in [-0.2, -0.15) is 0 Å². The normalized spacial score (nSPS) is 13.1. The zero-order valence-corrected chi connectivity index (χ0v) is 14.8. The molecule has 4 rings (SSSR count). The van der Waals surface area contributed by atoms with Crippen LogP contribution in [0.1, 0.15) is 40.3 Å². The van der Waals surface area contributed by atoms with Gasteiger partial charge in [-0.25, -0.2) is 4.39 Å². The van der Waals surface area contributed by atoms with E-state index in [2.05, 4.69) is 11.4 Å². The highest BCUT2D eigenvalue weighted by Crippen LogP contribution is 2.28. The Hall–Kier alpha value is -3.08. The van der Waals surface area contributed by atoms with Crippen molar-refractivity contribution >= 4 is 11.6 Å². The second-order valence-corrected chi connectivity index (χ2v) is 6.61. The third-order valence-corrected chi connectivity index (χ3v) is 4.72. The zero-order valence-electron chi connectivity index (χ0n) is 14.8. The summed E-state index contributed by atoms with van der Waals surface area (Å²) >= 11 is 0. The maximum atomic E-state index is 12.9. The summed E-state index contributed by atoms with van der Waals surface area (Å²) in [5.41, 5.74) is 3.40. The molecule has 0 saturated heterocycles. The fraction of sp³-hybridized carbons (Fsp3) is 0.227. The molecule has 27 heavy (non-hydrogen) atoms. The number of carbonyl (C=O) groups excluding carboxylic acids is 1. The summed E-state index contributed by atoms with van der Waals surface area (Å²) in [6, 6.07) is 15.1. The molecule has 5 heteroatoms. The number of hydrogen-bond acceptors (Lipinski definition) is 3. The summed E-state index contributed by atoms with van der Waals surface area (Å²) in [5, 5.41) is 2.96. The number of aryl methyl sites for hydroxylation is 1. The molecule has 0 atom stereocenters. The van der Waals surface area contributed by atoms with Crippen LogP contribution < -0.4 is 10.1 Å². The molecular formula is C22H20FNO3. The molecule has 0 saturated carbocycles. The minimum Gasteiger partial charge on any atom is -0.486 e. The number of ether oxygens (including phenoxy) is 1. The highest BCUT2D eigenvalue weighted by atomic mass is 19.1. The van der Waals surface area contributed by atoms with Crippen LogP contribution in [-0.4, -0.2) is 5.91 Å². The van der Waals surface area contributed by atoms with Crippen molar-refractivity contribution < 1.29 is 18.3 Å². The summed E-state index contributed by atoms with van der Waals surface area (Å²) in [5.74, 6) is 0.708. The summed E-state index contributed by atoms with van der Waals surface area (Å²) in [6.45, 7) is 0.166. The molecule has 4 nitrogen and oxygen atoms in total. The van der Waals surface area contributed by atoms with Gasteiger partial charge in [-0.15, -0.1) is 0 Å². The van der Waals surface area contributed by atoms with Crippen LogP contribution in [0.5, 0.6) is 5.75 Å². The number of hydrogen-bond donors (Lipinski definition) is 1. The Morgan fingerprint density at radius 1 is 1.04 bits per heavy atom. The van der Waals surface area contributed by atoms with Crippen molar-refractivity contribution in [1.29, 1.82) is 0 Å². The first kappa shape index (κ1) is 17.3. The number of fused-ring (bicyclic) bond motifs is 1. The van der Waals surface area contributed by atoms with E-state index in [-0.39, 0.29) is 24.1 Å². The largest absolute Gasteiger partial charge is 0.486 e. The molecule has 138 valence electrons. The molecule has 1 amide bonds. The molecule has 0 spiro atoms. The van der Waals surface area contributed by atoms with Crippen molar-refractivity contribution in [2.75, 3.05) is 5.32 Å². The molecule has 1 N–H and O–H groups in total. The topological polar surface area (TPSA) is 51.5 Å². The Labute approximate surface area is 157 Å². The van der Waals surface area contributed by atoms with Crippen molar-refractivity contribution in [2.24, 2.45) is 0 Å². The number of carbonyl (C=O) groups is 1. The third-order valence-electron chi connectivity index (χ3n) is 4.72. The SMILES string of the molecule is O=C(Nc1cccc2c1CCCC2)c1ccc(COc2ccc(F)cc2)o1. The van der Waals surface area contributed by atoms with Crippen molar-refractivity contribution in [3.05, 3.63) is 83.1 Å². The van der Waals surface area contributed by atoms with E-state index in [9.17, 15) is 9.18 Å². The lowest BCUT2D eigenvalue weighted by atomic mass is 9.90. The van der Waals surface area contributed by atoms with Crippen LogP contribution in [0.2, 0.25) is 0 Å². The smallest absolute Gasteiger partial charge is 0.291 e. The van der Waals surface area contributed by atoms with E-state index in [0.29, 0.717) is 11.5 Å². The average Bonchev–Trinajstić information content (AvgIpc) is 3.17. The van der Waals surface area contributed by atoms with Crippen molar-refractivity contribution in [3.63, 3.8) is 0 Å². The highest BCUT2D eigenvalue weighted by molar-refractivity contribution is 6.02. The average molecular weight is 365 g/mol. The van der Waals surface area contributed by atoms with Crippen LogP contribution in [0.3, 0.4) is 0 Å². The maximum Gasteiger partial charge on any atom is 0.291 e. The van der Waals surface area contributed by atoms with Crippen molar-refractivity contribution in [3.8, 4) is 5.75 Å². The van der Waals surface area contributed by atoms with Crippen LogP contribution in [0.15, 0.2) is 59.0 Å². The van der Waals surface area contributed by atoms with E-state index >= 15 is 0 Å². The van der Waals surface area contributed by atoms with Gasteiger partial charge in [0.2, 0.25) is 0 Å². The predicted octanol–water partition coefficient (Wildman–Crippen LogP) is 5.13. The molecule has 3 aromatic rings. The Morgan fingerprint density at radius 3 is 2.70 bits per heavy atom. The van der Waals surface area contributed by atoms with Gasteiger partial charge in [0.15, 0.2) is 5.76 Å². The van der Waals surface area contributed by atoms with Crippen LogP contribution in [0, 0.1) is 5.82 Å². The van der Waals surface area contributed by atoms with Gasteiger partial charge in [0.05, 0.1) is 0 Å². The summed E-state index contributed by atoms with van der Waals surface area (Å²) < 4.78 is 24.0. The van der Waals surface area contributed by atoms with Crippen LogP contribution in [0.25, 0.3) is 0 Å². The quantitative estimate of drug-likeness (QED) is 0.682. The minimum absolute atomic E-state index is 0.166. The Kier molecular flexibility index (Phi) is 4.92. The van der Waals surface area contributed by atoms with E-state index in [1.54, 1.807) is 24.3 Å². The predicted molar refractivity (Wildman–Crippen MR) is 100 cm³/mol. The first-order valence-corrected chi connectivity index (χ1v) is 9.08. The van der Waals surface area contributed by atoms with Gasteiger partial charge >= 0.3 is 0 Å². The molecule has 1 heterocycles. The lowest BCUT2D eigenvalue weighted by Gasteiger charge is -2.19. The van der Waals surface area contributed by atoms with Gasteiger partial charge in [0.25, 0.3) is 5.91 Å². The molecule has 1 aromatic heterocycles. The summed E-state index contributed by atoms with van der Waals surface area (Å²) in [6.07, 6.45) is 4.39. The number of anilines is 1. The van der Waals surface area contributed by atoms with Crippen molar-refractivity contribution in [1.82, 2.24) is 0 Å². The number of rotatable bonds is 5. The Morgan fingerprint density at radius 2 is 1.85 bits per heavy atom. The molecule has 0 fully saturated rings. The fourth-order valence-corrected chi connectivity index (χ4v) is 3.35. The van der Waals surface area contributed by atoms with Gasteiger partial charge in [-0.05, 0) is 79.3 Å². The molecule has 0 unspecified atom stereocenters. The molecule has 0 bridgehead atoms. The second-order valence-electron chi connectivity index (χ2n) is 6.61. The number of halogens is 1. The Bertz CT molecular complexity index is 946. The number of benzene rings is 2. The standard InChI is InChI=1S/C22H20FNO3/c23-16-8-10-17(11-9-16)26-14-18-12-13-21(27-18)22(25)24-20-7-3-5-15-4-1-2-6-19(15)20/h3,5,7-13H,1-2,4,6,14H2,(H,24,25). The summed E-state index contributed by atoms with van der Waals surface area (Å²) in [7, 11) is 0. The van der Waals surface area contributed by atoms with E-state index < -0.39 is 0 Å². The molecule has 1 aliphatic carbocycles. The monoisotopic (exact) mass is 365 g/mol. The molecule has 2 aromatic carbocycles. The van der Waals surface area contributed by atoms with Crippen LogP contribution in [-0.2, 0) is 19.4 Å². The van der Waals surface area contributed by atoms with Gasteiger partial charge in [0, 0.05) is 5.69 Å². The lowest BCUT2D eigenvalue weighted by molar-refractivity contribution is 0.0992. The minimum atomic E-state index is -0.317. The lowest BCUT2D eigenvalue weighted by Crippen LogP contribution is -2.14. The molecule has 0 aliphatic heterocycles. The second kappa shape index (κ2) is 7.66. The number of amides is 1. The van der Waals surface area contributed by atoms with Gasteiger partial charge in [-0.3, -0.25) is 4.79 Å². The number of nitrogens with one attached hydrogen (secondary N) is 1. The number of furan rings is 1. The third kappa shape index (κ3) is 4.03. The molecule has 1 aliphatic rings. The summed E-state index contributed by atoms with van der Waals surface area (Å²) in [4.78, 5) is 12.5. The van der Waals surface area contributed by atoms with Gasteiger partial charge < -0.3 is 14.5 Å². The van der Waals surface area contributed by atoms with E-state index in [4.69, 9.17) is 9.15 Å². The van der Waals surface area contributed by atoms with Gasteiger partial charge in [0.1, 0.15) is 23.9 Å². The van der Waals surface area contributed by atoms with Crippen LogP contribution in [0.4, 0.5) is 10.1 Å². The van der Waals surface area contributed by atoms with Crippen molar-refractivity contribution in [2.45, 2.75) is 32.3 Å². The molecular weight excluding hydrogens is 345 g/mol.